The number of nitrogen functional groups attached to an aromatic ring is 2. The van der Waals surface area contributed by atoms with Gasteiger partial charge >= 0.3 is 17.9 Å². The first-order valence-electron chi connectivity index (χ1n) is 11.4. The van der Waals surface area contributed by atoms with Crippen LogP contribution in [0.4, 0.5) is 17.5 Å². The number of carboxylic acid groups (broad SMARTS) is 3. The van der Waals surface area contributed by atoms with Gasteiger partial charge < -0.3 is 42.7 Å². The summed E-state index contributed by atoms with van der Waals surface area (Å²) < 4.78 is 0. The third-order valence-electron chi connectivity index (χ3n) is 5.11. The van der Waals surface area contributed by atoms with E-state index in [1.54, 1.807) is 18.3 Å². The summed E-state index contributed by atoms with van der Waals surface area (Å²) in [6, 6.07) is 4.43. The van der Waals surface area contributed by atoms with E-state index in [2.05, 4.69) is 25.3 Å². The molecule has 1 aromatic carbocycles. The molecular formula is C23H29N9O7. The number of amides is 1. The monoisotopic (exact) mass is 543 g/mol. The van der Waals surface area contributed by atoms with E-state index in [4.69, 9.17) is 27.4 Å². The minimum atomic E-state index is -1.30. The van der Waals surface area contributed by atoms with Gasteiger partial charge in [-0.15, -0.1) is 0 Å². The average molecular weight is 544 g/mol. The molecule has 0 spiro atoms. The number of fused-ring (bicyclic) bond motifs is 1. The molecule has 0 aliphatic carbocycles. The highest BCUT2D eigenvalue weighted by atomic mass is 16.4. The van der Waals surface area contributed by atoms with Crippen molar-refractivity contribution in [3.8, 4) is 0 Å². The third-order valence-corrected chi connectivity index (χ3v) is 5.11. The van der Waals surface area contributed by atoms with Gasteiger partial charge in [-0.3, -0.25) is 14.4 Å². The summed E-state index contributed by atoms with van der Waals surface area (Å²) in [5.74, 6) is -3.87. The third kappa shape index (κ3) is 9.04. The SMILES string of the molecule is CC(N)C(=O)O.CN(Cc1cnc2nc(N)nc(N)c2n1)c1ccc(C(=O)N[C@@H](CCC(=O)O)C(=O)O)cc1. The van der Waals surface area contributed by atoms with E-state index in [9.17, 15) is 24.3 Å². The van der Waals surface area contributed by atoms with Gasteiger partial charge in [-0.05, 0) is 37.6 Å². The second-order valence-electron chi connectivity index (χ2n) is 8.33. The molecule has 16 heteroatoms. The molecule has 0 aliphatic heterocycles. The van der Waals surface area contributed by atoms with Crippen LogP contribution >= 0.6 is 0 Å². The Hall–Kier alpha value is -5.12. The molecule has 3 rings (SSSR count). The van der Waals surface area contributed by atoms with E-state index in [1.165, 1.54) is 19.1 Å². The first-order valence-corrected chi connectivity index (χ1v) is 11.4. The van der Waals surface area contributed by atoms with Gasteiger partial charge in [0.1, 0.15) is 12.1 Å². The molecule has 0 radical (unpaired) electrons. The van der Waals surface area contributed by atoms with Gasteiger partial charge in [0.2, 0.25) is 5.95 Å². The Morgan fingerprint density at radius 2 is 1.62 bits per heavy atom. The van der Waals surface area contributed by atoms with Crippen LogP contribution in [0.1, 0.15) is 35.8 Å². The highest BCUT2D eigenvalue weighted by molar-refractivity contribution is 5.97. The number of rotatable bonds is 10. The average Bonchev–Trinajstić information content (AvgIpc) is 2.86. The number of nitrogens with two attached hydrogens (primary N) is 3. The van der Waals surface area contributed by atoms with Crippen molar-refractivity contribution < 1.29 is 34.5 Å². The largest absolute Gasteiger partial charge is 0.481 e. The summed E-state index contributed by atoms with van der Waals surface area (Å²) in [7, 11) is 1.82. The fraction of sp³-hybridized carbons (Fsp3) is 0.304. The summed E-state index contributed by atoms with van der Waals surface area (Å²) >= 11 is 0. The normalized spacial score (nSPS) is 12.0. The lowest BCUT2D eigenvalue weighted by atomic mass is 10.1. The molecular weight excluding hydrogens is 514 g/mol. The Balaban J connectivity index is 0.000000798. The number of nitrogens with one attached hydrogen (secondary N) is 1. The van der Waals surface area contributed by atoms with Gasteiger partial charge in [0.25, 0.3) is 5.91 Å². The van der Waals surface area contributed by atoms with Gasteiger partial charge in [0.05, 0.1) is 18.4 Å². The van der Waals surface area contributed by atoms with E-state index in [0.29, 0.717) is 23.4 Å². The molecule has 0 saturated heterocycles. The summed E-state index contributed by atoms with van der Waals surface area (Å²) in [6.45, 7) is 1.79. The number of aliphatic carboxylic acids is 3. The van der Waals surface area contributed by atoms with Crippen LogP contribution in [0.2, 0.25) is 0 Å². The minimum Gasteiger partial charge on any atom is -0.481 e. The van der Waals surface area contributed by atoms with Crippen LogP contribution in [-0.2, 0) is 20.9 Å². The lowest BCUT2D eigenvalue weighted by Crippen LogP contribution is -2.41. The van der Waals surface area contributed by atoms with Crippen molar-refractivity contribution in [1.82, 2.24) is 25.3 Å². The van der Waals surface area contributed by atoms with Crippen molar-refractivity contribution in [3.05, 3.63) is 41.7 Å². The number of benzene rings is 1. The van der Waals surface area contributed by atoms with Crippen LogP contribution in [0.15, 0.2) is 30.5 Å². The van der Waals surface area contributed by atoms with Gasteiger partial charge in [-0.2, -0.15) is 9.97 Å². The second kappa shape index (κ2) is 13.4. The molecule has 39 heavy (non-hydrogen) atoms. The Morgan fingerprint density at radius 3 is 2.15 bits per heavy atom. The molecule has 16 nitrogen and oxygen atoms in total. The van der Waals surface area contributed by atoms with Crippen LogP contribution in [0.5, 0.6) is 0 Å². The smallest absolute Gasteiger partial charge is 0.326 e. The topological polar surface area (TPSA) is 274 Å². The van der Waals surface area contributed by atoms with Crippen molar-refractivity contribution in [3.63, 3.8) is 0 Å². The number of hydrogen-bond acceptors (Lipinski definition) is 12. The number of anilines is 3. The molecule has 208 valence electrons. The zero-order valence-corrected chi connectivity index (χ0v) is 21.1. The minimum absolute atomic E-state index is 0.0138. The van der Waals surface area contributed by atoms with E-state index in [-0.39, 0.29) is 30.2 Å². The second-order valence-corrected chi connectivity index (χ2v) is 8.33. The van der Waals surface area contributed by atoms with Crippen LogP contribution in [0.25, 0.3) is 11.2 Å². The summed E-state index contributed by atoms with van der Waals surface area (Å²) in [6.07, 6.45) is 0.964. The number of carboxylic acids is 3. The van der Waals surface area contributed by atoms with E-state index < -0.39 is 35.9 Å². The van der Waals surface area contributed by atoms with Crippen molar-refractivity contribution >= 4 is 52.4 Å². The van der Waals surface area contributed by atoms with E-state index in [0.717, 1.165) is 5.69 Å². The molecule has 0 saturated carbocycles. The molecule has 2 atom stereocenters. The first kappa shape index (κ1) is 30.1. The van der Waals surface area contributed by atoms with Crippen molar-refractivity contribution in [2.45, 2.75) is 38.4 Å². The molecule has 1 unspecified atom stereocenters. The van der Waals surface area contributed by atoms with Gasteiger partial charge in [0, 0.05) is 24.7 Å². The predicted molar refractivity (Wildman–Crippen MR) is 140 cm³/mol. The zero-order valence-electron chi connectivity index (χ0n) is 21.1. The Kier molecular flexibility index (Phi) is 10.4. The Bertz CT molecular complexity index is 1350. The highest BCUT2D eigenvalue weighted by Crippen LogP contribution is 2.19. The predicted octanol–water partition coefficient (Wildman–Crippen LogP) is -0.313. The summed E-state index contributed by atoms with van der Waals surface area (Å²) in [5.41, 5.74) is 18.5. The van der Waals surface area contributed by atoms with Crippen LogP contribution < -0.4 is 27.4 Å². The maximum atomic E-state index is 12.4. The number of carbonyl (C=O) groups is 4. The van der Waals surface area contributed by atoms with E-state index in [1.807, 2.05) is 11.9 Å². The molecule has 0 bridgehead atoms. The van der Waals surface area contributed by atoms with Crippen molar-refractivity contribution in [2.24, 2.45) is 5.73 Å². The van der Waals surface area contributed by atoms with E-state index >= 15 is 0 Å². The number of carbonyl (C=O) groups excluding carboxylic acids is 1. The highest BCUT2D eigenvalue weighted by Gasteiger charge is 2.21. The molecule has 2 aromatic heterocycles. The molecule has 0 fully saturated rings. The Labute approximate surface area is 221 Å². The fourth-order valence-electron chi connectivity index (χ4n) is 3.03. The molecule has 10 N–H and O–H groups in total. The molecule has 0 aliphatic rings. The van der Waals surface area contributed by atoms with Gasteiger partial charge in [-0.25, -0.2) is 14.8 Å². The number of hydrogen-bond donors (Lipinski definition) is 7. The van der Waals surface area contributed by atoms with Gasteiger partial charge in [0.15, 0.2) is 17.0 Å². The standard InChI is InChI=1S/C20H22N8O5.C3H7NO2/c1-28(9-11-8-23-17-15(24-11)16(21)26-20(22)27-17)12-4-2-10(3-5-12)18(31)25-13(19(32)33)6-7-14(29)30;1-2(4)3(5)6/h2-5,8,13H,6-7,9H2,1H3,(H,25,31)(H,29,30)(H,32,33)(H4,21,22,23,26,27);2H,4H2,1H3,(H,5,6)/t13-;/m0./s1. The number of aromatic nitrogens is 4. The Morgan fingerprint density at radius 1 is 1.00 bits per heavy atom. The molecule has 3 aromatic rings. The van der Waals surface area contributed by atoms with Crippen molar-refractivity contribution in [1.29, 1.82) is 0 Å². The summed E-state index contributed by atoms with van der Waals surface area (Å²) in [4.78, 5) is 62.3. The molecule has 1 amide bonds. The fourth-order valence-corrected chi connectivity index (χ4v) is 3.03. The van der Waals surface area contributed by atoms with Gasteiger partial charge in [-0.1, -0.05) is 0 Å². The van der Waals surface area contributed by atoms with Crippen LogP contribution in [0.3, 0.4) is 0 Å². The lowest BCUT2D eigenvalue weighted by Gasteiger charge is -2.19. The maximum Gasteiger partial charge on any atom is 0.326 e. The van der Waals surface area contributed by atoms with Crippen molar-refractivity contribution in [2.75, 3.05) is 23.4 Å². The molecule has 2 heterocycles. The zero-order chi connectivity index (χ0) is 29.3. The lowest BCUT2D eigenvalue weighted by molar-refractivity contribution is -0.141. The quantitative estimate of drug-likeness (QED) is 0.173. The van der Waals surface area contributed by atoms with Crippen LogP contribution in [0, 0.1) is 0 Å². The maximum absolute atomic E-state index is 12.4. The van der Waals surface area contributed by atoms with Crippen LogP contribution in [-0.4, -0.2) is 78.2 Å². The summed E-state index contributed by atoms with van der Waals surface area (Å²) in [5, 5.41) is 28.1. The number of nitrogens with zero attached hydrogens (tertiary/aromatic N) is 5. The first-order chi connectivity index (χ1) is 18.3.